The predicted molar refractivity (Wildman–Crippen MR) is 104 cm³/mol. The molecule has 0 saturated carbocycles. The largest absolute Gasteiger partial charge is 0.508 e. The minimum atomic E-state index is -0.453. The van der Waals surface area contributed by atoms with Gasteiger partial charge in [-0.3, -0.25) is 10.1 Å². The van der Waals surface area contributed by atoms with Crippen molar-refractivity contribution in [2.45, 2.75) is 0 Å². The van der Waals surface area contributed by atoms with Crippen LogP contribution in [0.15, 0.2) is 79.1 Å². The molecule has 7 heteroatoms. The van der Waals surface area contributed by atoms with Crippen LogP contribution in [-0.2, 0) is 0 Å². The standard InChI is InChI=1S/C21H14N4O3/c26-17-10-11-18(19(12-17)14-6-8-16(9-7-14)25(27)28)21-23-13-22-20(24-21)15-4-2-1-3-5-15/h1-13,26H. The Bertz CT molecular complexity index is 1150. The van der Waals surface area contributed by atoms with Gasteiger partial charge in [0.2, 0.25) is 0 Å². The summed E-state index contributed by atoms with van der Waals surface area (Å²) in [4.78, 5) is 23.5. The molecule has 0 amide bonds. The van der Waals surface area contributed by atoms with E-state index in [1.807, 2.05) is 30.3 Å². The van der Waals surface area contributed by atoms with Crippen molar-refractivity contribution in [2.24, 2.45) is 0 Å². The molecule has 28 heavy (non-hydrogen) atoms. The van der Waals surface area contributed by atoms with Gasteiger partial charge in [0.05, 0.1) is 4.92 Å². The lowest BCUT2D eigenvalue weighted by molar-refractivity contribution is -0.384. The van der Waals surface area contributed by atoms with E-state index in [4.69, 9.17) is 0 Å². The van der Waals surface area contributed by atoms with Crippen LogP contribution in [0.2, 0.25) is 0 Å². The van der Waals surface area contributed by atoms with E-state index in [9.17, 15) is 15.2 Å². The van der Waals surface area contributed by atoms with Crippen molar-refractivity contribution < 1.29 is 10.0 Å². The fourth-order valence-electron chi connectivity index (χ4n) is 2.88. The van der Waals surface area contributed by atoms with E-state index in [1.165, 1.54) is 18.5 Å². The second-order valence-corrected chi connectivity index (χ2v) is 6.03. The van der Waals surface area contributed by atoms with E-state index < -0.39 is 4.92 Å². The second-order valence-electron chi connectivity index (χ2n) is 6.03. The third kappa shape index (κ3) is 3.41. The summed E-state index contributed by atoms with van der Waals surface area (Å²) in [5.41, 5.74) is 2.92. The average Bonchev–Trinajstić information content (AvgIpc) is 2.74. The summed E-state index contributed by atoms with van der Waals surface area (Å²) < 4.78 is 0. The smallest absolute Gasteiger partial charge is 0.269 e. The number of aromatic nitrogens is 3. The Morgan fingerprint density at radius 3 is 2.21 bits per heavy atom. The SMILES string of the molecule is O=[N+]([O-])c1ccc(-c2cc(O)ccc2-c2ncnc(-c3ccccc3)n2)cc1. The number of nitrogens with zero attached hydrogens (tertiary/aromatic N) is 4. The molecule has 0 aliphatic rings. The van der Waals surface area contributed by atoms with E-state index in [0.29, 0.717) is 28.3 Å². The predicted octanol–water partition coefficient (Wildman–Crippen LogP) is 4.49. The van der Waals surface area contributed by atoms with Crippen LogP contribution in [0.4, 0.5) is 5.69 Å². The maximum Gasteiger partial charge on any atom is 0.269 e. The van der Waals surface area contributed by atoms with Crippen LogP contribution in [0, 0.1) is 10.1 Å². The van der Waals surface area contributed by atoms with Gasteiger partial charge >= 0.3 is 0 Å². The molecular formula is C21H14N4O3. The Morgan fingerprint density at radius 2 is 1.50 bits per heavy atom. The molecule has 4 aromatic rings. The lowest BCUT2D eigenvalue weighted by Crippen LogP contribution is -1.96. The number of benzene rings is 3. The van der Waals surface area contributed by atoms with E-state index in [-0.39, 0.29) is 11.4 Å². The molecule has 1 N–H and O–H groups in total. The monoisotopic (exact) mass is 370 g/mol. The third-order valence-electron chi connectivity index (χ3n) is 4.24. The number of phenolic OH excluding ortho intramolecular Hbond substituents is 1. The van der Waals surface area contributed by atoms with Crippen LogP contribution in [0.1, 0.15) is 0 Å². The van der Waals surface area contributed by atoms with Gasteiger partial charge in [-0.15, -0.1) is 0 Å². The highest BCUT2D eigenvalue weighted by Crippen LogP contribution is 2.34. The molecule has 0 aliphatic carbocycles. The van der Waals surface area contributed by atoms with Crippen LogP contribution in [0.25, 0.3) is 33.9 Å². The van der Waals surface area contributed by atoms with Crippen molar-refractivity contribution in [1.29, 1.82) is 0 Å². The van der Waals surface area contributed by atoms with E-state index >= 15 is 0 Å². The number of nitro groups is 1. The van der Waals surface area contributed by atoms with Crippen molar-refractivity contribution >= 4 is 5.69 Å². The first kappa shape index (κ1) is 17.3. The Labute approximate surface area is 160 Å². The van der Waals surface area contributed by atoms with Gasteiger partial charge in [0.15, 0.2) is 11.6 Å². The van der Waals surface area contributed by atoms with Crippen LogP contribution in [0.5, 0.6) is 5.75 Å². The molecular weight excluding hydrogens is 356 g/mol. The molecule has 0 spiro atoms. The Balaban J connectivity index is 1.82. The number of hydrogen-bond donors (Lipinski definition) is 1. The van der Waals surface area contributed by atoms with Crippen LogP contribution in [-0.4, -0.2) is 25.0 Å². The first-order valence-electron chi connectivity index (χ1n) is 8.44. The quantitative estimate of drug-likeness (QED) is 0.419. The summed E-state index contributed by atoms with van der Waals surface area (Å²) >= 11 is 0. The Kier molecular flexibility index (Phi) is 4.47. The van der Waals surface area contributed by atoms with Crippen LogP contribution >= 0.6 is 0 Å². The number of aromatic hydroxyl groups is 1. The number of non-ortho nitro benzene ring substituents is 1. The summed E-state index contributed by atoms with van der Waals surface area (Å²) in [7, 11) is 0. The van der Waals surface area contributed by atoms with Crippen molar-refractivity contribution in [3.63, 3.8) is 0 Å². The highest BCUT2D eigenvalue weighted by Gasteiger charge is 2.14. The minimum Gasteiger partial charge on any atom is -0.508 e. The lowest BCUT2D eigenvalue weighted by atomic mass is 9.98. The van der Waals surface area contributed by atoms with Gasteiger partial charge < -0.3 is 5.11 Å². The molecule has 0 unspecified atom stereocenters. The van der Waals surface area contributed by atoms with E-state index in [1.54, 1.807) is 30.3 Å². The number of hydrogen-bond acceptors (Lipinski definition) is 6. The fraction of sp³-hybridized carbons (Fsp3) is 0. The molecule has 136 valence electrons. The molecule has 0 fully saturated rings. The highest BCUT2D eigenvalue weighted by atomic mass is 16.6. The van der Waals surface area contributed by atoms with Gasteiger partial charge in [-0.1, -0.05) is 30.3 Å². The Hall–Kier alpha value is -4.13. The molecule has 1 heterocycles. The fourth-order valence-corrected chi connectivity index (χ4v) is 2.88. The maximum absolute atomic E-state index is 10.9. The van der Waals surface area contributed by atoms with Gasteiger partial charge in [-0.2, -0.15) is 0 Å². The number of nitro benzene ring substituents is 1. The maximum atomic E-state index is 10.9. The Morgan fingerprint density at radius 1 is 0.786 bits per heavy atom. The lowest BCUT2D eigenvalue weighted by Gasteiger charge is -2.10. The topological polar surface area (TPSA) is 102 Å². The molecule has 1 aromatic heterocycles. The molecule has 3 aromatic carbocycles. The van der Waals surface area contributed by atoms with Crippen molar-refractivity contribution in [2.75, 3.05) is 0 Å². The second kappa shape index (κ2) is 7.24. The zero-order valence-electron chi connectivity index (χ0n) is 14.6. The average molecular weight is 370 g/mol. The molecule has 0 bridgehead atoms. The molecule has 0 radical (unpaired) electrons. The van der Waals surface area contributed by atoms with Gasteiger partial charge in [-0.05, 0) is 41.5 Å². The molecule has 0 atom stereocenters. The summed E-state index contributed by atoms with van der Waals surface area (Å²) in [5.74, 6) is 1.06. The first-order chi connectivity index (χ1) is 13.6. The van der Waals surface area contributed by atoms with Crippen molar-refractivity contribution in [3.05, 3.63) is 89.2 Å². The third-order valence-corrected chi connectivity index (χ3v) is 4.24. The van der Waals surface area contributed by atoms with Crippen molar-refractivity contribution in [1.82, 2.24) is 15.0 Å². The summed E-state index contributed by atoms with van der Waals surface area (Å²) in [6.07, 6.45) is 1.44. The van der Waals surface area contributed by atoms with Crippen LogP contribution in [0.3, 0.4) is 0 Å². The normalized spacial score (nSPS) is 10.6. The van der Waals surface area contributed by atoms with Crippen LogP contribution < -0.4 is 0 Å². The minimum absolute atomic E-state index is 0.00280. The zero-order chi connectivity index (χ0) is 19.5. The summed E-state index contributed by atoms with van der Waals surface area (Å²) in [5, 5.41) is 20.9. The summed E-state index contributed by atoms with van der Waals surface area (Å²) in [6.45, 7) is 0. The summed E-state index contributed by atoms with van der Waals surface area (Å²) in [6, 6.07) is 20.5. The van der Waals surface area contributed by atoms with E-state index in [2.05, 4.69) is 15.0 Å². The molecule has 4 rings (SSSR count). The highest BCUT2D eigenvalue weighted by molar-refractivity contribution is 5.82. The number of rotatable bonds is 4. The van der Waals surface area contributed by atoms with Gasteiger partial charge in [0, 0.05) is 23.3 Å². The van der Waals surface area contributed by atoms with Gasteiger partial charge in [0.1, 0.15) is 12.1 Å². The van der Waals surface area contributed by atoms with Crippen molar-refractivity contribution in [3.8, 4) is 39.7 Å². The van der Waals surface area contributed by atoms with E-state index in [0.717, 1.165) is 5.56 Å². The zero-order valence-corrected chi connectivity index (χ0v) is 14.6. The van der Waals surface area contributed by atoms with Gasteiger partial charge in [-0.25, -0.2) is 15.0 Å². The molecule has 0 saturated heterocycles. The van der Waals surface area contributed by atoms with Gasteiger partial charge in [0.25, 0.3) is 5.69 Å². The number of phenols is 1. The molecule has 7 nitrogen and oxygen atoms in total. The molecule has 0 aliphatic heterocycles. The first-order valence-corrected chi connectivity index (χ1v) is 8.44.